The summed E-state index contributed by atoms with van der Waals surface area (Å²) < 4.78 is 15.4. The first-order valence-corrected chi connectivity index (χ1v) is 9.45. The number of carbonyl (C=O) groups excluding carboxylic acids is 3. The van der Waals surface area contributed by atoms with Crippen LogP contribution in [0.2, 0.25) is 0 Å². The van der Waals surface area contributed by atoms with E-state index in [9.17, 15) is 14.4 Å². The number of hydrogen-bond acceptors (Lipinski definition) is 6. The smallest absolute Gasteiger partial charge is 0.338 e. The highest BCUT2D eigenvalue weighted by Crippen LogP contribution is 2.24. The minimum atomic E-state index is -0.950. The summed E-state index contributed by atoms with van der Waals surface area (Å²) in [4.78, 5) is 36.8. The highest BCUT2D eigenvalue weighted by Gasteiger charge is 2.52. The highest BCUT2D eigenvalue weighted by atomic mass is 16.6. The molecule has 3 atom stereocenters. The molecule has 0 aromatic heterocycles. The van der Waals surface area contributed by atoms with Crippen LogP contribution < -0.4 is 5.32 Å². The topological polar surface area (TPSA) is 94.2 Å². The van der Waals surface area contributed by atoms with Gasteiger partial charge in [0.05, 0.1) is 6.61 Å². The SMILES string of the molecule is CCOC(=O)C1OC1C(=O)N[C@@H](Cc1ccccc1)C(=O)OCc1ccccc1. The van der Waals surface area contributed by atoms with Crippen molar-refractivity contribution < 1.29 is 28.6 Å². The fraction of sp³-hybridized carbons (Fsp3) is 0.318. The van der Waals surface area contributed by atoms with Gasteiger partial charge in [-0.2, -0.15) is 0 Å². The molecule has 0 aliphatic carbocycles. The summed E-state index contributed by atoms with van der Waals surface area (Å²) in [6.07, 6.45) is -1.61. The van der Waals surface area contributed by atoms with Gasteiger partial charge in [-0.25, -0.2) is 9.59 Å². The molecule has 1 aliphatic rings. The predicted octanol–water partition coefficient (Wildman–Crippen LogP) is 1.79. The Morgan fingerprint density at radius 1 is 0.931 bits per heavy atom. The summed E-state index contributed by atoms with van der Waals surface area (Å²) in [7, 11) is 0. The van der Waals surface area contributed by atoms with Gasteiger partial charge in [0.25, 0.3) is 5.91 Å². The molecule has 2 aromatic carbocycles. The number of amides is 1. The van der Waals surface area contributed by atoms with Gasteiger partial charge in [0.2, 0.25) is 0 Å². The van der Waals surface area contributed by atoms with Gasteiger partial charge in [-0.15, -0.1) is 0 Å². The maximum atomic E-state index is 12.6. The van der Waals surface area contributed by atoms with Crippen LogP contribution in [0.25, 0.3) is 0 Å². The molecule has 0 bridgehead atoms. The van der Waals surface area contributed by atoms with E-state index in [0.717, 1.165) is 11.1 Å². The molecule has 0 saturated carbocycles. The van der Waals surface area contributed by atoms with Crippen LogP contribution in [0.4, 0.5) is 0 Å². The van der Waals surface area contributed by atoms with Crippen LogP contribution in [0.1, 0.15) is 18.1 Å². The third-order valence-corrected chi connectivity index (χ3v) is 4.38. The van der Waals surface area contributed by atoms with Crippen molar-refractivity contribution in [1.29, 1.82) is 0 Å². The number of carbonyl (C=O) groups is 3. The molecule has 1 aliphatic heterocycles. The van der Waals surface area contributed by atoms with E-state index in [1.165, 1.54) is 0 Å². The second-order valence-electron chi connectivity index (χ2n) is 6.57. The van der Waals surface area contributed by atoms with E-state index in [1.807, 2.05) is 60.7 Å². The summed E-state index contributed by atoms with van der Waals surface area (Å²) in [6.45, 7) is 1.98. The van der Waals surface area contributed by atoms with Crippen molar-refractivity contribution in [1.82, 2.24) is 5.32 Å². The zero-order chi connectivity index (χ0) is 20.6. The summed E-state index contributed by atoms with van der Waals surface area (Å²) in [5.74, 6) is -1.68. The lowest BCUT2D eigenvalue weighted by Crippen LogP contribution is -2.45. The zero-order valence-electron chi connectivity index (χ0n) is 16.1. The number of hydrogen-bond donors (Lipinski definition) is 1. The van der Waals surface area contributed by atoms with Crippen molar-refractivity contribution in [2.45, 2.75) is 38.2 Å². The van der Waals surface area contributed by atoms with Crippen LogP contribution in [0.5, 0.6) is 0 Å². The Labute approximate surface area is 169 Å². The van der Waals surface area contributed by atoms with Crippen LogP contribution in [-0.4, -0.2) is 42.7 Å². The van der Waals surface area contributed by atoms with Crippen LogP contribution in [0.3, 0.4) is 0 Å². The van der Waals surface area contributed by atoms with Gasteiger partial charge >= 0.3 is 11.9 Å². The van der Waals surface area contributed by atoms with Gasteiger partial charge in [-0.05, 0) is 18.1 Å². The van der Waals surface area contributed by atoms with E-state index < -0.39 is 36.1 Å². The Bertz CT molecular complexity index is 839. The lowest BCUT2D eigenvalue weighted by Gasteiger charge is -2.17. The second kappa shape index (κ2) is 9.84. The first kappa shape index (κ1) is 20.5. The summed E-state index contributed by atoms with van der Waals surface area (Å²) >= 11 is 0. The summed E-state index contributed by atoms with van der Waals surface area (Å²) in [5, 5.41) is 2.64. The largest absolute Gasteiger partial charge is 0.464 e. The van der Waals surface area contributed by atoms with Crippen LogP contribution >= 0.6 is 0 Å². The van der Waals surface area contributed by atoms with Crippen molar-refractivity contribution in [3.63, 3.8) is 0 Å². The van der Waals surface area contributed by atoms with Gasteiger partial charge in [0, 0.05) is 6.42 Å². The molecular weight excluding hydrogens is 374 g/mol. The minimum absolute atomic E-state index is 0.103. The summed E-state index contributed by atoms with van der Waals surface area (Å²) in [5.41, 5.74) is 1.71. The molecule has 7 nitrogen and oxygen atoms in total. The maximum absolute atomic E-state index is 12.6. The van der Waals surface area contributed by atoms with E-state index in [4.69, 9.17) is 14.2 Å². The lowest BCUT2D eigenvalue weighted by molar-refractivity contribution is -0.149. The quantitative estimate of drug-likeness (QED) is 0.512. The molecule has 152 valence electrons. The molecule has 3 rings (SSSR count). The van der Waals surface area contributed by atoms with Crippen molar-refractivity contribution >= 4 is 17.8 Å². The van der Waals surface area contributed by atoms with E-state index in [2.05, 4.69) is 5.32 Å². The highest BCUT2D eigenvalue weighted by molar-refractivity contribution is 5.94. The molecule has 1 heterocycles. The standard InChI is InChI=1S/C22H23NO6/c1-2-27-22(26)19-18(29-19)20(24)23-17(13-15-9-5-3-6-10-15)21(25)28-14-16-11-7-4-8-12-16/h3-12,17-19H,2,13-14H2,1H3,(H,23,24)/t17-,18?,19?/m0/s1. The number of ether oxygens (including phenoxy) is 3. The molecule has 0 radical (unpaired) electrons. The van der Waals surface area contributed by atoms with Crippen LogP contribution in [0.15, 0.2) is 60.7 Å². The van der Waals surface area contributed by atoms with Gasteiger partial charge in [0.1, 0.15) is 12.6 Å². The Kier molecular flexibility index (Phi) is 6.97. The Morgan fingerprint density at radius 2 is 1.55 bits per heavy atom. The molecule has 1 fully saturated rings. The fourth-order valence-corrected chi connectivity index (χ4v) is 2.84. The zero-order valence-corrected chi connectivity index (χ0v) is 16.1. The minimum Gasteiger partial charge on any atom is -0.464 e. The van der Waals surface area contributed by atoms with Gasteiger partial charge in [0.15, 0.2) is 12.2 Å². The first-order valence-electron chi connectivity index (χ1n) is 9.45. The molecule has 1 amide bonds. The normalized spacial score (nSPS) is 18.4. The molecule has 7 heteroatoms. The van der Waals surface area contributed by atoms with E-state index >= 15 is 0 Å². The van der Waals surface area contributed by atoms with Crippen LogP contribution in [-0.2, 0) is 41.6 Å². The van der Waals surface area contributed by atoms with Gasteiger partial charge in [-0.1, -0.05) is 60.7 Å². The molecule has 1 saturated heterocycles. The fourth-order valence-electron chi connectivity index (χ4n) is 2.84. The molecule has 0 spiro atoms. The van der Waals surface area contributed by atoms with Crippen molar-refractivity contribution in [2.24, 2.45) is 0 Å². The Morgan fingerprint density at radius 3 is 2.17 bits per heavy atom. The predicted molar refractivity (Wildman–Crippen MR) is 104 cm³/mol. The first-order chi connectivity index (χ1) is 14.1. The van der Waals surface area contributed by atoms with Gasteiger partial charge < -0.3 is 19.5 Å². The monoisotopic (exact) mass is 397 g/mol. The average Bonchev–Trinajstić information content (AvgIpc) is 3.54. The number of benzene rings is 2. The van der Waals surface area contributed by atoms with Crippen molar-refractivity contribution in [2.75, 3.05) is 6.61 Å². The van der Waals surface area contributed by atoms with Crippen molar-refractivity contribution in [3.05, 3.63) is 71.8 Å². The number of nitrogens with one attached hydrogen (secondary N) is 1. The van der Waals surface area contributed by atoms with E-state index in [-0.39, 0.29) is 19.6 Å². The summed E-state index contributed by atoms with van der Waals surface area (Å²) in [6, 6.07) is 17.7. The molecule has 1 N–H and O–H groups in total. The molecular formula is C22H23NO6. The second-order valence-corrected chi connectivity index (χ2v) is 6.57. The molecule has 2 aromatic rings. The Balaban J connectivity index is 1.62. The molecule has 2 unspecified atom stereocenters. The van der Waals surface area contributed by atoms with Crippen molar-refractivity contribution in [3.8, 4) is 0 Å². The third-order valence-electron chi connectivity index (χ3n) is 4.38. The van der Waals surface area contributed by atoms with E-state index in [0.29, 0.717) is 0 Å². The van der Waals surface area contributed by atoms with Crippen LogP contribution in [0, 0.1) is 0 Å². The van der Waals surface area contributed by atoms with Gasteiger partial charge in [-0.3, -0.25) is 4.79 Å². The number of esters is 2. The Hall–Kier alpha value is -3.19. The maximum Gasteiger partial charge on any atom is 0.338 e. The number of epoxide rings is 1. The number of rotatable bonds is 9. The molecule has 29 heavy (non-hydrogen) atoms. The third kappa shape index (κ3) is 5.89. The van der Waals surface area contributed by atoms with E-state index in [1.54, 1.807) is 6.92 Å². The average molecular weight is 397 g/mol. The lowest BCUT2D eigenvalue weighted by atomic mass is 10.1.